The predicted molar refractivity (Wildman–Crippen MR) is 105 cm³/mol. The molecule has 0 amide bonds. The van der Waals surface area contributed by atoms with Crippen molar-refractivity contribution >= 4 is 0 Å². The molecule has 1 atom stereocenters. The van der Waals surface area contributed by atoms with Crippen LogP contribution in [0.25, 0.3) is 0 Å². The first kappa shape index (κ1) is 22.3. The number of aliphatic hydroxyl groups excluding tert-OH is 1. The van der Waals surface area contributed by atoms with Crippen molar-refractivity contribution in [3.8, 4) is 0 Å². The van der Waals surface area contributed by atoms with E-state index in [1.165, 1.54) is 0 Å². The van der Waals surface area contributed by atoms with Crippen molar-refractivity contribution in [1.82, 2.24) is 29.8 Å². The number of aliphatic hydroxyl groups is 1. The first-order chi connectivity index (χ1) is 11.8. The highest BCUT2D eigenvalue weighted by atomic mass is 16.3. The monoisotopic (exact) mass is 356 g/mol. The SMILES string of the molecule is CN(C)CCCN1C=CC(O)N(CCCN(C)C)N1CCCN(C)C. The van der Waals surface area contributed by atoms with Gasteiger partial charge in [0.15, 0.2) is 0 Å². The molecule has 1 heterocycles. The molecule has 0 saturated heterocycles. The average molecular weight is 357 g/mol. The van der Waals surface area contributed by atoms with Gasteiger partial charge in [-0.15, -0.1) is 0 Å². The van der Waals surface area contributed by atoms with Gasteiger partial charge in [-0.3, -0.25) is 5.01 Å². The minimum atomic E-state index is -0.536. The lowest BCUT2D eigenvalue weighted by Gasteiger charge is -2.46. The Kier molecular flexibility index (Phi) is 10.6. The second-order valence-corrected chi connectivity index (χ2v) is 7.65. The normalized spacial score (nSPS) is 19.8. The van der Waals surface area contributed by atoms with Gasteiger partial charge in [-0.25, -0.2) is 0 Å². The third kappa shape index (κ3) is 8.99. The van der Waals surface area contributed by atoms with Crippen LogP contribution in [-0.2, 0) is 0 Å². The molecular weight excluding hydrogens is 316 g/mol. The van der Waals surface area contributed by atoms with E-state index >= 15 is 0 Å². The van der Waals surface area contributed by atoms with Gasteiger partial charge in [0.25, 0.3) is 0 Å². The summed E-state index contributed by atoms with van der Waals surface area (Å²) in [6.45, 7) is 5.89. The molecule has 0 radical (unpaired) electrons. The van der Waals surface area contributed by atoms with Crippen molar-refractivity contribution in [1.29, 1.82) is 0 Å². The highest BCUT2D eigenvalue weighted by Crippen LogP contribution is 2.17. The van der Waals surface area contributed by atoms with Gasteiger partial charge in [-0.05, 0) is 87.3 Å². The quantitative estimate of drug-likeness (QED) is 0.543. The fraction of sp³-hybridized carbons (Fsp3) is 0.889. The van der Waals surface area contributed by atoms with E-state index in [-0.39, 0.29) is 0 Å². The van der Waals surface area contributed by atoms with E-state index in [0.717, 1.165) is 58.5 Å². The van der Waals surface area contributed by atoms with Crippen molar-refractivity contribution in [2.24, 2.45) is 0 Å². The van der Waals surface area contributed by atoms with Crippen LogP contribution in [0.5, 0.6) is 0 Å². The summed E-state index contributed by atoms with van der Waals surface area (Å²) in [6.07, 6.45) is 6.61. The van der Waals surface area contributed by atoms with Crippen molar-refractivity contribution < 1.29 is 5.11 Å². The minimum absolute atomic E-state index is 0.536. The Bertz CT molecular complexity index is 375. The predicted octanol–water partition coefficient (Wildman–Crippen LogP) is 0.423. The lowest BCUT2D eigenvalue weighted by Crippen LogP contribution is -2.58. The van der Waals surface area contributed by atoms with Gasteiger partial charge in [0.2, 0.25) is 0 Å². The summed E-state index contributed by atoms with van der Waals surface area (Å²) in [6, 6.07) is 0. The smallest absolute Gasteiger partial charge is 0.142 e. The van der Waals surface area contributed by atoms with Crippen LogP contribution in [0, 0.1) is 0 Å². The fourth-order valence-corrected chi connectivity index (χ4v) is 2.96. The molecule has 1 N–H and O–H groups in total. The highest BCUT2D eigenvalue weighted by molar-refractivity contribution is 4.92. The summed E-state index contributed by atoms with van der Waals surface area (Å²) in [5, 5.41) is 17.1. The number of hydrogen-bond acceptors (Lipinski definition) is 7. The molecule has 0 spiro atoms. The summed E-state index contributed by atoms with van der Waals surface area (Å²) >= 11 is 0. The Balaban J connectivity index is 2.69. The molecule has 7 heteroatoms. The molecule has 0 bridgehead atoms. The van der Waals surface area contributed by atoms with E-state index in [0.29, 0.717) is 0 Å². The van der Waals surface area contributed by atoms with Crippen LogP contribution >= 0.6 is 0 Å². The second-order valence-electron chi connectivity index (χ2n) is 7.65. The molecule has 0 aromatic carbocycles. The molecule has 1 aliphatic heterocycles. The van der Waals surface area contributed by atoms with Gasteiger partial charge < -0.3 is 19.8 Å². The van der Waals surface area contributed by atoms with Crippen LogP contribution in [0.15, 0.2) is 12.3 Å². The zero-order valence-corrected chi connectivity index (χ0v) is 17.2. The van der Waals surface area contributed by atoms with Crippen LogP contribution in [0.1, 0.15) is 19.3 Å². The molecule has 25 heavy (non-hydrogen) atoms. The maximum Gasteiger partial charge on any atom is 0.142 e. The highest BCUT2D eigenvalue weighted by Gasteiger charge is 2.28. The van der Waals surface area contributed by atoms with E-state index in [1.807, 2.05) is 12.3 Å². The standard InChI is InChI=1S/C18H40N6O/c1-19(2)11-7-14-22-17-10-18(25)23(15-8-12-20(3)4)24(22)16-9-13-21(5)6/h10,17-18,25H,7-9,11-16H2,1-6H3. The second kappa shape index (κ2) is 11.8. The summed E-state index contributed by atoms with van der Waals surface area (Å²) in [7, 11) is 12.6. The van der Waals surface area contributed by atoms with Gasteiger partial charge in [0, 0.05) is 25.8 Å². The largest absolute Gasteiger partial charge is 0.373 e. The van der Waals surface area contributed by atoms with E-state index in [2.05, 4.69) is 72.1 Å². The number of rotatable bonds is 12. The molecule has 0 aromatic heterocycles. The van der Waals surface area contributed by atoms with Crippen LogP contribution in [0.3, 0.4) is 0 Å². The third-order valence-corrected chi connectivity index (χ3v) is 4.28. The fourth-order valence-electron chi connectivity index (χ4n) is 2.96. The van der Waals surface area contributed by atoms with Gasteiger partial charge in [-0.1, -0.05) is 0 Å². The van der Waals surface area contributed by atoms with E-state index in [1.54, 1.807) is 0 Å². The molecule has 0 aromatic rings. The average Bonchev–Trinajstić information content (AvgIpc) is 2.50. The molecule has 1 rings (SSSR count). The molecule has 0 saturated carbocycles. The van der Waals surface area contributed by atoms with Gasteiger partial charge in [0.05, 0.1) is 0 Å². The maximum absolute atomic E-state index is 10.5. The number of hydrazine groups is 2. The zero-order chi connectivity index (χ0) is 18.8. The lowest BCUT2D eigenvalue weighted by molar-refractivity contribution is -0.225. The minimum Gasteiger partial charge on any atom is -0.373 e. The van der Waals surface area contributed by atoms with Crippen LogP contribution in [0.4, 0.5) is 0 Å². The Morgan fingerprint density at radius 1 is 0.760 bits per heavy atom. The maximum atomic E-state index is 10.5. The topological polar surface area (TPSA) is 39.7 Å². The summed E-state index contributed by atoms with van der Waals surface area (Å²) in [4.78, 5) is 6.62. The molecule has 1 unspecified atom stereocenters. The molecule has 148 valence electrons. The van der Waals surface area contributed by atoms with Crippen molar-refractivity contribution in [3.63, 3.8) is 0 Å². The van der Waals surface area contributed by atoms with Crippen LogP contribution < -0.4 is 0 Å². The molecule has 7 nitrogen and oxygen atoms in total. The lowest BCUT2D eigenvalue weighted by atomic mass is 10.3. The van der Waals surface area contributed by atoms with Crippen molar-refractivity contribution in [2.75, 3.05) is 81.6 Å². The molecular formula is C18H40N6O. The van der Waals surface area contributed by atoms with E-state index in [4.69, 9.17) is 0 Å². The molecule has 0 aliphatic carbocycles. The Morgan fingerprint density at radius 3 is 1.76 bits per heavy atom. The van der Waals surface area contributed by atoms with Gasteiger partial charge in [0.1, 0.15) is 6.23 Å². The molecule has 1 aliphatic rings. The van der Waals surface area contributed by atoms with Crippen LogP contribution in [-0.4, -0.2) is 123 Å². The Morgan fingerprint density at radius 2 is 1.24 bits per heavy atom. The summed E-state index contributed by atoms with van der Waals surface area (Å²) in [5.74, 6) is 0. The van der Waals surface area contributed by atoms with E-state index in [9.17, 15) is 5.11 Å². The van der Waals surface area contributed by atoms with Crippen molar-refractivity contribution in [2.45, 2.75) is 25.5 Å². The Hall–Kier alpha value is -0.700. The first-order valence-electron chi connectivity index (χ1n) is 9.42. The summed E-state index contributed by atoms with van der Waals surface area (Å²) < 4.78 is 0. The Labute approximate surface area is 155 Å². The van der Waals surface area contributed by atoms with Crippen molar-refractivity contribution in [3.05, 3.63) is 12.3 Å². The number of hydrogen-bond donors (Lipinski definition) is 1. The van der Waals surface area contributed by atoms with Gasteiger partial charge in [-0.2, -0.15) is 10.1 Å². The number of nitrogens with zero attached hydrogens (tertiary/aromatic N) is 6. The van der Waals surface area contributed by atoms with Gasteiger partial charge >= 0.3 is 0 Å². The zero-order valence-electron chi connectivity index (χ0n) is 17.2. The summed E-state index contributed by atoms with van der Waals surface area (Å²) in [5.41, 5.74) is 0. The molecule has 0 fully saturated rings. The van der Waals surface area contributed by atoms with E-state index < -0.39 is 6.23 Å². The van der Waals surface area contributed by atoms with Crippen LogP contribution in [0.2, 0.25) is 0 Å². The third-order valence-electron chi connectivity index (χ3n) is 4.28. The first-order valence-corrected chi connectivity index (χ1v) is 9.42.